The Bertz CT molecular complexity index is 353. The summed E-state index contributed by atoms with van der Waals surface area (Å²) < 4.78 is 11.3. The predicted octanol–water partition coefficient (Wildman–Crippen LogP) is 3.43. The molecule has 2 unspecified atom stereocenters. The van der Waals surface area contributed by atoms with Gasteiger partial charge in [0, 0.05) is 32.3 Å². The lowest BCUT2D eigenvalue weighted by molar-refractivity contribution is -0.0247. The van der Waals surface area contributed by atoms with Crippen molar-refractivity contribution in [3.05, 3.63) is 0 Å². The smallest absolute Gasteiger partial charge is 0.410 e. The highest BCUT2D eigenvalue weighted by molar-refractivity contribution is 5.68. The van der Waals surface area contributed by atoms with Gasteiger partial charge in [0.25, 0.3) is 0 Å². The number of hydrogen-bond acceptors (Lipinski definition) is 4. The van der Waals surface area contributed by atoms with Crippen LogP contribution >= 0.6 is 0 Å². The standard InChI is InChI=1S/C18H36N2O3/c1-7-10-20(17(21)23-18(4,5)6)11-9-19-15-8-12-22-16(13-15)14(2)3/h14-16,19H,7-13H2,1-6H3. The van der Waals surface area contributed by atoms with Gasteiger partial charge in [0.1, 0.15) is 5.60 Å². The zero-order valence-corrected chi connectivity index (χ0v) is 15.9. The summed E-state index contributed by atoms with van der Waals surface area (Å²) in [6, 6.07) is 0.485. The van der Waals surface area contributed by atoms with E-state index in [9.17, 15) is 4.79 Å². The second-order valence-electron chi connectivity index (χ2n) is 7.80. The second-order valence-corrected chi connectivity index (χ2v) is 7.80. The molecule has 2 atom stereocenters. The van der Waals surface area contributed by atoms with Crippen molar-refractivity contribution in [2.75, 3.05) is 26.2 Å². The van der Waals surface area contributed by atoms with Crippen molar-refractivity contribution in [3.63, 3.8) is 0 Å². The summed E-state index contributed by atoms with van der Waals surface area (Å²) >= 11 is 0. The molecule has 0 bridgehead atoms. The van der Waals surface area contributed by atoms with Crippen molar-refractivity contribution in [2.24, 2.45) is 5.92 Å². The normalized spacial score (nSPS) is 22.2. The third-order valence-corrected chi connectivity index (χ3v) is 4.02. The Morgan fingerprint density at radius 3 is 2.61 bits per heavy atom. The average molecular weight is 328 g/mol. The van der Waals surface area contributed by atoms with E-state index >= 15 is 0 Å². The van der Waals surface area contributed by atoms with Gasteiger partial charge in [0.15, 0.2) is 0 Å². The molecule has 0 aromatic heterocycles. The molecular weight excluding hydrogens is 292 g/mol. The Morgan fingerprint density at radius 1 is 1.35 bits per heavy atom. The molecule has 1 rings (SSSR count). The molecule has 1 aliphatic heterocycles. The van der Waals surface area contributed by atoms with Gasteiger partial charge < -0.3 is 19.7 Å². The van der Waals surface area contributed by atoms with Crippen LogP contribution in [0.1, 0.15) is 60.8 Å². The summed E-state index contributed by atoms with van der Waals surface area (Å²) in [7, 11) is 0. The van der Waals surface area contributed by atoms with Gasteiger partial charge in [-0.05, 0) is 46.0 Å². The summed E-state index contributed by atoms with van der Waals surface area (Å²) in [6.45, 7) is 15.3. The van der Waals surface area contributed by atoms with Crippen molar-refractivity contribution in [1.29, 1.82) is 0 Å². The van der Waals surface area contributed by atoms with Gasteiger partial charge >= 0.3 is 6.09 Å². The summed E-state index contributed by atoms with van der Waals surface area (Å²) in [4.78, 5) is 14.0. The molecule has 0 aromatic carbocycles. The van der Waals surface area contributed by atoms with E-state index in [0.29, 0.717) is 24.6 Å². The van der Waals surface area contributed by atoms with Gasteiger partial charge in [-0.1, -0.05) is 20.8 Å². The maximum atomic E-state index is 12.2. The van der Waals surface area contributed by atoms with Crippen LogP contribution in [0.25, 0.3) is 0 Å². The molecule has 0 spiro atoms. The summed E-state index contributed by atoms with van der Waals surface area (Å²) in [5.74, 6) is 0.554. The van der Waals surface area contributed by atoms with Crippen LogP contribution in [0.3, 0.4) is 0 Å². The van der Waals surface area contributed by atoms with Crippen molar-refractivity contribution in [3.8, 4) is 0 Å². The highest BCUT2D eigenvalue weighted by Gasteiger charge is 2.25. The van der Waals surface area contributed by atoms with Crippen molar-refractivity contribution in [1.82, 2.24) is 10.2 Å². The van der Waals surface area contributed by atoms with E-state index in [2.05, 4.69) is 26.1 Å². The summed E-state index contributed by atoms with van der Waals surface area (Å²) in [5, 5.41) is 3.58. The van der Waals surface area contributed by atoms with Crippen LogP contribution in [0, 0.1) is 5.92 Å². The molecule has 0 saturated carbocycles. The van der Waals surface area contributed by atoms with Gasteiger partial charge in [-0.2, -0.15) is 0 Å². The third kappa shape index (κ3) is 8.02. The van der Waals surface area contributed by atoms with Crippen LogP contribution in [0.5, 0.6) is 0 Å². The molecule has 0 aliphatic carbocycles. The maximum Gasteiger partial charge on any atom is 0.410 e. The van der Waals surface area contributed by atoms with E-state index in [-0.39, 0.29) is 6.09 Å². The number of rotatable bonds is 7. The fourth-order valence-electron chi connectivity index (χ4n) is 2.77. The fourth-order valence-corrected chi connectivity index (χ4v) is 2.77. The highest BCUT2D eigenvalue weighted by Crippen LogP contribution is 2.20. The Labute approximate surface area is 142 Å². The largest absolute Gasteiger partial charge is 0.444 e. The zero-order valence-electron chi connectivity index (χ0n) is 15.9. The van der Waals surface area contributed by atoms with Gasteiger partial charge in [0.2, 0.25) is 0 Å². The van der Waals surface area contributed by atoms with E-state index < -0.39 is 5.60 Å². The first kappa shape index (κ1) is 20.2. The maximum absolute atomic E-state index is 12.2. The second kappa shape index (κ2) is 9.48. The first-order chi connectivity index (χ1) is 10.7. The quantitative estimate of drug-likeness (QED) is 0.778. The Kier molecular flexibility index (Phi) is 8.34. The Morgan fingerprint density at radius 2 is 2.04 bits per heavy atom. The number of nitrogens with one attached hydrogen (secondary N) is 1. The zero-order chi connectivity index (χ0) is 17.5. The first-order valence-electron chi connectivity index (χ1n) is 9.05. The predicted molar refractivity (Wildman–Crippen MR) is 93.7 cm³/mol. The van der Waals surface area contributed by atoms with E-state index in [1.54, 1.807) is 4.90 Å². The molecule has 5 heteroatoms. The monoisotopic (exact) mass is 328 g/mol. The lowest BCUT2D eigenvalue weighted by atomic mass is 9.95. The molecular formula is C18H36N2O3. The van der Waals surface area contributed by atoms with Crippen molar-refractivity contribution >= 4 is 6.09 Å². The molecule has 5 nitrogen and oxygen atoms in total. The topological polar surface area (TPSA) is 50.8 Å². The van der Waals surface area contributed by atoms with E-state index in [1.807, 2.05) is 20.8 Å². The minimum atomic E-state index is -0.443. The Hall–Kier alpha value is -0.810. The van der Waals surface area contributed by atoms with Crippen LogP contribution in [0.2, 0.25) is 0 Å². The van der Waals surface area contributed by atoms with Gasteiger partial charge in [0.05, 0.1) is 6.10 Å². The molecule has 0 radical (unpaired) electrons. The SMILES string of the molecule is CCCN(CCNC1CCOC(C(C)C)C1)C(=O)OC(C)(C)C. The highest BCUT2D eigenvalue weighted by atomic mass is 16.6. The number of carbonyl (C=O) groups is 1. The van der Waals surface area contributed by atoms with Crippen LogP contribution in [0.4, 0.5) is 4.79 Å². The van der Waals surface area contributed by atoms with E-state index in [0.717, 1.165) is 39.0 Å². The lowest BCUT2D eigenvalue weighted by Crippen LogP contribution is -2.45. The molecule has 0 aromatic rings. The third-order valence-electron chi connectivity index (χ3n) is 4.02. The number of ether oxygens (including phenoxy) is 2. The van der Waals surface area contributed by atoms with Crippen LogP contribution in [-0.4, -0.2) is 55.0 Å². The summed E-state index contributed by atoms with van der Waals surface area (Å²) in [5.41, 5.74) is -0.443. The minimum Gasteiger partial charge on any atom is -0.444 e. The lowest BCUT2D eigenvalue weighted by Gasteiger charge is -2.33. The molecule has 1 fully saturated rings. The molecule has 23 heavy (non-hydrogen) atoms. The Balaban J connectivity index is 2.39. The fraction of sp³-hybridized carbons (Fsp3) is 0.944. The molecule has 1 heterocycles. The van der Waals surface area contributed by atoms with Gasteiger partial charge in [-0.3, -0.25) is 0 Å². The number of hydrogen-bond donors (Lipinski definition) is 1. The van der Waals surface area contributed by atoms with E-state index in [4.69, 9.17) is 9.47 Å². The number of nitrogens with zero attached hydrogens (tertiary/aromatic N) is 1. The molecule has 1 saturated heterocycles. The number of amides is 1. The van der Waals surface area contributed by atoms with Gasteiger partial charge in [-0.25, -0.2) is 4.79 Å². The van der Waals surface area contributed by atoms with Crippen molar-refractivity contribution in [2.45, 2.75) is 78.6 Å². The van der Waals surface area contributed by atoms with Gasteiger partial charge in [-0.15, -0.1) is 0 Å². The number of carbonyl (C=O) groups excluding carboxylic acids is 1. The van der Waals surface area contributed by atoms with Crippen LogP contribution < -0.4 is 5.32 Å². The average Bonchev–Trinajstić information content (AvgIpc) is 2.44. The molecule has 1 aliphatic rings. The molecule has 136 valence electrons. The van der Waals surface area contributed by atoms with Crippen LogP contribution in [0.15, 0.2) is 0 Å². The molecule has 1 amide bonds. The van der Waals surface area contributed by atoms with E-state index in [1.165, 1.54) is 0 Å². The molecule has 1 N–H and O–H groups in total. The van der Waals surface area contributed by atoms with Crippen molar-refractivity contribution < 1.29 is 14.3 Å². The van der Waals surface area contributed by atoms with Crippen LogP contribution in [-0.2, 0) is 9.47 Å². The minimum absolute atomic E-state index is 0.215. The summed E-state index contributed by atoms with van der Waals surface area (Å²) in [6.07, 6.45) is 3.17. The first-order valence-corrected chi connectivity index (χ1v) is 9.05.